The molecule has 1 amide bonds. The van der Waals surface area contributed by atoms with Crippen LogP contribution in [-0.4, -0.2) is 42.8 Å². The number of hydrogen-bond donors (Lipinski definition) is 3. The number of benzene rings is 1. The molecule has 0 aliphatic carbocycles. The highest BCUT2D eigenvalue weighted by atomic mass is 32.2. The maximum atomic E-state index is 11.8. The molecule has 0 fully saturated rings. The number of nitrogens with zero attached hydrogens (tertiary/aromatic N) is 1. The van der Waals surface area contributed by atoms with Crippen LogP contribution in [0, 0.1) is 6.92 Å². The average Bonchev–Trinajstić information content (AvgIpc) is 2.52. The second-order valence-electron chi connectivity index (χ2n) is 6.96. The van der Waals surface area contributed by atoms with Gasteiger partial charge in [0.2, 0.25) is 5.91 Å². The van der Waals surface area contributed by atoms with Gasteiger partial charge in [-0.3, -0.25) is 4.79 Å². The number of amides is 1. The van der Waals surface area contributed by atoms with Crippen molar-refractivity contribution in [3.8, 4) is 0 Å². The molecule has 25 heavy (non-hydrogen) atoms. The van der Waals surface area contributed by atoms with Crippen LogP contribution in [0.3, 0.4) is 0 Å². The topological polar surface area (TPSA) is 65.5 Å². The van der Waals surface area contributed by atoms with Gasteiger partial charge in [0.25, 0.3) is 0 Å². The largest absolute Gasteiger partial charge is 0.357 e. The number of nitrogens with one attached hydrogen (secondary N) is 3. The zero-order chi connectivity index (χ0) is 18.7. The Hall–Kier alpha value is -1.69. The molecule has 0 saturated heterocycles. The number of guanidine groups is 1. The molecule has 0 aliphatic heterocycles. The third kappa shape index (κ3) is 10.7. The van der Waals surface area contributed by atoms with Crippen molar-refractivity contribution in [1.82, 2.24) is 16.0 Å². The quantitative estimate of drug-likeness (QED) is 0.377. The molecule has 0 aromatic heterocycles. The lowest BCUT2D eigenvalue weighted by molar-refractivity contribution is -0.121. The monoisotopic (exact) mass is 364 g/mol. The Morgan fingerprint density at radius 2 is 1.84 bits per heavy atom. The molecule has 140 valence electrons. The van der Waals surface area contributed by atoms with Crippen molar-refractivity contribution in [2.24, 2.45) is 4.99 Å². The van der Waals surface area contributed by atoms with Crippen LogP contribution in [0.1, 0.15) is 38.8 Å². The van der Waals surface area contributed by atoms with E-state index in [-0.39, 0.29) is 18.0 Å². The Bertz CT molecular complexity index is 550. The minimum absolute atomic E-state index is 0.0709. The summed E-state index contributed by atoms with van der Waals surface area (Å²) in [4.78, 5) is 16.2. The van der Waals surface area contributed by atoms with Crippen LogP contribution in [0.5, 0.6) is 0 Å². The van der Waals surface area contributed by atoms with Crippen LogP contribution in [0.4, 0.5) is 0 Å². The van der Waals surface area contributed by atoms with E-state index in [0.29, 0.717) is 5.96 Å². The van der Waals surface area contributed by atoms with Gasteiger partial charge in [0, 0.05) is 30.1 Å². The Morgan fingerprint density at radius 1 is 1.16 bits per heavy atom. The van der Waals surface area contributed by atoms with Gasteiger partial charge in [0.1, 0.15) is 6.54 Å². The second kappa shape index (κ2) is 11.0. The third-order valence-electron chi connectivity index (χ3n) is 3.17. The van der Waals surface area contributed by atoms with Crippen molar-refractivity contribution in [2.45, 2.75) is 45.9 Å². The van der Waals surface area contributed by atoms with Gasteiger partial charge in [-0.1, -0.05) is 29.8 Å². The summed E-state index contributed by atoms with van der Waals surface area (Å²) in [5.74, 6) is 2.59. The maximum absolute atomic E-state index is 11.8. The zero-order valence-electron chi connectivity index (χ0n) is 16.1. The molecule has 5 nitrogen and oxygen atoms in total. The van der Waals surface area contributed by atoms with Crippen molar-refractivity contribution >= 4 is 23.6 Å². The fraction of sp³-hybridized carbons (Fsp3) is 0.579. The lowest BCUT2D eigenvalue weighted by Gasteiger charge is -2.20. The summed E-state index contributed by atoms with van der Waals surface area (Å²) in [6.07, 6.45) is 0. The molecular formula is C19H32N4OS. The van der Waals surface area contributed by atoms with Crippen LogP contribution < -0.4 is 16.0 Å². The molecule has 3 N–H and O–H groups in total. The van der Waals surface area contributed by atoms with E-state index in [1.54, 1.807) is 0 Å². The lowest BCUT2D eigenvalue weighted by Crippen LogP contribution is -2.43. The Kier molecular flexibility index (Phi) is 9.42. The van der Waals surface area contributed by atoms with E-state index < -0.39 is 0 Å². The first-order chi connectivity index (χ1) is 11.8. The fourth-order valence-corrected chi connectivity index (χ4v) is 2.89. The van der Waals surface area contributed by atoms with Gasteiger partial charge in [0.05, 0.1) is 0 Å². The standard InChI is InChI=1S/C19H32N4OS/c1-6-20-18(22-13-17(24)23-19(3,4)5)21-11-12-25-14-16-9-7-15(2)8-10-16/h7-10H,6,11-14H2,1-5H3,(H,23,24)(H2,20,21,22). The Labute approximate surface area is 156 Å². The molecule has 0 bridgehead atoms. The first kappa shape index (κ1) is 21.4. The summed E-state index contributed by atoms with van der Waals surface area (Å²) in [5.41, 5.74) is 2.40. The third-order valence-corrected chi connectivity index (χ3v) is 4.20. The van der Waals surface area contributed by atoms with Gasteiger partial charge in [-0.15, -0.1) is 0 Å². The SMILES string of the molecule is CCNC(=NCC(=O)NC(C)(C)C)NCCSCc1ccc(C)cc1. The van der Waals surface area contributed by atoms with Gasteiger partial charge < -0.3 is 16.0 Å². The van der Waals surface area contributed by atoms with E-state index in [9.17, 15) is 4.79 Å². The second-order valence-corrected chi connectivity index (χ2v) is 8.06. The predicted molar refractivity (Wildman–Crippen MR) is 109 cm³/mol. The molecule has 0 unspecified atom stereocenters. The Morgan fingerprint density at radius 3 is 2.44 bits per heavy atom. The minimum Gasteiger partial charge on any atom is -0.357 e. The van der Waals surface area contributed by atoms with Crippen LogP contribution in [0.15, 0.2) is 29.3 Å². The van der Waals surface area contributed by atoms with Crippen molar-refractivity contribution in [2.75, 3.05) is 25.4 Å². The molecule has 0 aliphatic rings. The normalized spacial score (nSPS) is 12.0. The summed E-state index contributed by atoms with van der Waals surface area (Å²) >= 11 is 1.88. The first-order valence-electron chi connectivity index (χ1n) is 8.76. The van der Waals surface area contributed by atoms with E-state index >= 15 is 0 Å². The average molecular weight is 365 g/mol. The number of thioether (sulfide) groups is 1. The molecule has 0 heterocycles. The maximum Gasteiger partial charge on any atom is 0.242 e. The molecule has 0 radical (unpaired) electrons. The molecule has 1 rings (SSSR count). The van der Waals surface area contributed by atoms with Crippen LogP contribution in [0.25, 0.3) is 0 Å². The minimum atomic E-state index is -0.231. The van der Waals surface area contributed by atoms with E-state index in [4.69, 9.17) is 0 Å². The lowest BCUT2D eigenvalue weighted by atomic mass is 10.1. The molecule has 0 spiro atoms. The summed E-state index contributed by atoms with van der Waals surface area (Å²) < 4.78 is 0. The molecule has 0 atom stereocenters. The van der Waals surface area contributed by atoms with Gasteiger partial charge in [0.15, 0.2) is 5.96 Å². The van der Waals surface area contributed by atoms with Gasteiger partial charge >= 0.3 is 0 Å². The number of aryl methyl sites for hydroxylation is 1. The van der Waals surface area contributed by atoms with E-state index in [1.165, 1.54) is 11.1 Å². The van der Waals surface area contributed by atoms with E-state index in [2.05, 4.69) is 52.1 Å². The van der Waals surface area contributed by atoms with Crippen molar-refractivity contribution in [3.05, 3.63) is 35.4 Å². The molecule has 1 aromatic rings. The van der Waals surface area contributed by atoms with E-state index in [1.807, 2.05) is 39.5 Å². The number of carbonyl (C=O) groups excluding carboxylic acids is 1. The number of rotatable bonds is 8. The summed E-state index contributed by atoms with van der Waals surface area (Å²) in [7, 11) is 0. The van der Waals surface area contributed by atoms with Crippen molar-refractivity contribution < 1.29 is 4.79 Å². The van der Waals surface area contributed by atoms with Gasteiger partial charge in [-0.25, -0.2) is 4.99 Å². The molecule has 1 aromatic carbocycles. The highest BCUT2D eigenvalue weighted by molar-refractivity contribution is 7.98. The summed E-state index contributed by atoms with van der Waals surface area (Å²) in [6.45, 7) is 11.7. The summed E-state index contributed by atoms with van der Waals surface area (Å²) in [6, 6.07) is 8.64. The molecule has 6 heteroatoms. The van der Waals surface area contributed by atoms with Crippen LogP contribution in [-0.2, 0) is 10.5 Å². The number of hydrogen-bond acceptors (Lipinski definition) is 3. The molecular weight excluding hydrogens is 332 g/mol. The van der Waals surface area contributed by atoms with Crippen LogP contribution in [0.2, 0.25) is 0 Å². The van der Waals surface area contributed by atoms with Gasteiger partial charge in [-0.05, 0) is 40.2 Å². The highest BCUT2D eigenvalue weighted by Gasteiger charge is 2.13. The van der Waals surface area contributed by atoms with Crippen molar-refractivity contribution in [3.63, 3.8) is 0 Å². The van der Waals surface area contributed by atoms with Crippen molar-refractivity contribution in [1.29, 1.82) is 0 Å². The summed E-state index contributed by atoms with van der Waals surface area (Å²) in [5, 5.41) is 9.35. The van der Waals surface area contributed by atoms with Gasteiger partial charge in [-0.2, -0.15) is 11.8 Å². The Balaban J connectivity index is 2.31. The molecule has 0 saturated carbocycles. The highest BCUT2D eigenvalue weighted by Crippen LogP contribution is 2.12. The number of carbonyl (C=O) groups is 1. The van der Waals surface area contributed by atoms with E-state index in [0.717, 1.165) is 24.6 Å². The fourth-order valence-electron chi connectivity index (χ4n) is 2.07. The predicted octanol–water partition coefficient (Wildman–Crippen LogP) is 2.70. The smallest absolute Gasteiger partial charge is 0.242 e. The number of aliphatic imine (C=N–C) groups is 1. The zero-order valence-corrected chi connectivity index (χ0v) is 16.9. The first-order valence-corrected chi connectivity index (χ1v) is 9.92. The van der Waals surface area contributed by atoms with Crippen LogP contribution >= 0.6 is 11.8 Å².